The summed E-state index contributed by atoms with van der Waals surface area (Å²) in [6, 6.07) is 20.7. The number of aromatic nitrogens is 2. The molecule has 1 atom stereocenters. The van der Waals surface area contributed by atoms with Gasteiger partial charge in [-0.2, -0.15) is 0 Å². The second-order valence-corrected chi connectivity index (χ2v) is 9.50. The summed E-state index contributed by atoms with van der Waals surface area (Å²) < 4.78 is 7.96. The molecule has 186 valence electrons. The number of ether oxygens (including phenoxy) is 1. The van der Waals surface area contributed by atoms with Crippen molar-refractivity contribution >= 4 is 17.2 Å². The van der Waals surface area contributed by atoms with Crippen molar-refractivity contribution in [1.29, 1.82) is 0 Å². The summed E-state index contributed by atoms with van der Waals surface area (Å²) in [5, 5.41) is 0. The Balaban J connectivity index is 1.36. The second-order valence-electron chi connectivity index (χ2n) is 9.50. The van der Waals surface area contributed by atoms with Gasteiger partial charge in [-0.05, 0) is 61.7 Å². The van der Waals surface area contributed by atoms with E-state index < -0.39 is 0 Å². The molecule has 1 fully saturated rings. The molecule has 6 heteroatoms. The zero-order valence-corrected chi connectivity index (χ0v) is 21.4. The van der Waals surface area contributed by atoms with Crippen LogP contribution >= 0.6 is 0 Å². The minimum Gasteiger partial charge on any atom is -0.492 e. The van der Waals surface area contributed by atoms with Crippen LogP contribution in [0.1, 0.15) is 41.6 Å². The molecular weight excluding hydrogens is 448 g/mol. The summed E-state index contributed by atoms with van der Waals surface area (Å²) >= 11 is 0. The van der Waals surface area contributed by atoms with Crippen LogP contribution in [-0.2, 0) is 4.79 Å². The van der Waals surface area contributed by atoms with Crippen molar-refractivity contribution < 1.29 is 9.53 Å². The molecule has 1 amide bonds. The first kappa shape index (κ1) is 23.9. The number of benzene rings is 2. The number of rotatable bonds is 7. The van der Waals surface area contributed by atoms with Crippen molar-refractivity contribution in [2.45, 2.75) is 33.1 Å². The first-order chi connectivity index (χ1) is 17.5. The molecule has 1 aliphatic heterocycles. The Bertz CT molecular complexity index is 1350. The standard InChI is InChI=1S/C30H34N4O2/c1-4-36-28-12-8-7-11-26(28)32-15-17-33(18-16-32)30(35)20-25(24-10-6-5-9-23(24)3)27-21-31-29-19-22(2)13-14-34(27)29/h5-14,19,21,25H,4,15-18,20H2,1-3H3. The number of pyridine rings is 1. The Kier molecular flexibility index (Phi) is 6.94. The number of hydrogen-bond acceptors (Lipinski definition) is 4. The number of amides is 1. The molecule has 0 N–H and O–H groups in total. The number of aryl methyl sites for hydroxylation is 2. The highest BCUT2D eigenvalue weighted by atomic mass is 16.5. The van der Waals surface area contributed by atoms with E-state index >= 15 is 0 Å². The smallest absolute Gasteiger partial charge is 0.223 e. The van der Waals surface area contributed by atoms with Gasteiger partial charge in [-0.25, -0.2) is 4.98 Å². The van der Waals surface area contributed by atoms with Gasteiger partial charge in [-0.3, -0.25) is 4.79 Å². The molecule has 1 unspecified atom stereocenters. The molecule has 2 aromatic heterocycles. The van der Waals surface area contributed by atoms with Crippen LogP contribution in [0.2, 0.25) is 0 Å². The molecule has 0 spiro atoms. The number of fused-ring (bicyclic) bond motifs is 1. The van der Waals surface area contributed by atoms with Crippen molar-refractivity contribution in [2.75, 3.05) is 37.7 Å². The van der Waals surface area contributed by atoms with Gasteiger partial charge < -0.3 is 18.9 Å². The van der Waals surface area contributed by atoms with Crippen LogP contribution in [0.4, 0.5) is 5.69 Å². The van der Waals surface area contributed by atoms with E-state index in [2.05, 4.69) is 76.8 Å². The van der Waals surface area contributed by atoms with Gasteiger partial charge in [-0.15, -0.1) is 0 Å². The van der Waals surface area contributed by atoms with Crippen LogP contribution in [-0.4, -0.2) is 53.0 Å². The highest BCUT2D eigenvalue weighted by molar-refractivity contribution is 5.78. The number of nitrogens with zero attached hydrogens (tertiary/aromatic N) is 4. The summed E-state index contributed by atoms with van der Waals surface area (Å²) in [7, 11) is 0. The Labute approximate surface area is 213 Å². The quantitative estimate of drug-likeness (QED) is 0.362. The van der Waals surface area contributed by atoms with Gasteiger partial charge in [0.1, 0.15) is 11.4 Å². The highest BCUT2D eigenvalue weighted by Crippen LogP contribution is 2.33. The van der Waals surface area contributed by atoms with E-state index in [9.17, 15) is 4.79 Å². The fourth-order valence-corrected chi connectivity index (χ4v) is 5.21. The van der Waals surface area contributed by atoms with Gasteiger partial charge in [0.15, 0.2) is 0 Å². The number of imidazole rings is 1. The fraction of sp³-hybridized carbons (Fsp3) is 0.333. The molecule has 2 aromatic carbocycles. The van der Waals surface area contributed by atoms with Crippen LogP contribution in [0.5, 0.6) is 5.75 Å². The minimum absolute atomic E-state index is 0.0619. The topological polar surface area (TPSA) is 50.1 Å². The van der Waals surface area contributed by atoms with Crippen molar-refractivity contribution in [1.82, 2.24) is 14.3 Å². The molecule has 1 saturated heterocycles. The molecule has 36 heavy (non-hydrogen) atoms. The highest BCUT2D eigenvalue weighted by Gasteiger charge is 2.28. The third kappa shape index (κ3) is 4.81. The van der Waals surface area contributed by atoms with Crippen molar-refractivity contribution in [3.63, 3.8) is 0 Å². The van der Waals surface area contributed by atoms with E-state index in [1.165, 1.54) is 16.7 Å². The number of carbonyl (C=O) groups excluding carboxylic acids is 1. The summed E-state index contributed by atoms with van der Waals surface area (Å²) in [5.41, 5.74) is 6.61. The Morgan fingerprint density at radius 3 is 2.53 bits per heavy atom. The van der Waals surface area contributed by atoms with E-state index in [4.69, 9.17) is 4.74 Å². The predicted molar refractivity (Wildman–Crippen MR) is 144 cm³/mol. The van der Waals surface area contributed by atoms with Crippen LogP contribution < -0.4 is 9.64 Å². The van der Waals surface area contributed by atoms with Crippen LogP contribution in [0.25, 0.3) is 5.65 Å². The average Bonchev–Trinajstić information content (AvgIpc) is 3.31. The first-order valence-electron chi connectivity index (χ1n) is 12.8. The summed E-state index contributed by atoms with van der Waals surface area (Å²) in [4.78, 5) is 22.6. The molecular formula is C30H34N4O2. The van der Waals surface area contributed by atoms with Gasteiger partial charge in [0.2, 0.25) is 5.91 Å². The van der Waals surface area contributed by atoms with Gasteiger partial charge in [0, 0.05) is 50.9 Å². The lowest BCUT2D eigenvalue weighted by Gasteiger charge is -2.37. The van der Waals surface area contributed by atoms with Crippen molar-refractivity contribution in [3.05, 3.63) is 95.4 Å². The zero-order chi connectivity index (χ0) is 25.1. The number of piperazine rings is 1. The third-order valence-electron chi connectivity index (χ3n) is 7.14. The molecule has 0 radical (unpaired) electrons. The lowest BCUT2D eigenvalue weighted by Crippen LogP contribution is -2.49. The molecule has 6 nitrogen and oxygen atoms in total. The number of carbonyl (C=O) groups is 1. The maximum atomic E-state index is 13.6. The molecule has 0 bridgehead atoms. The third-order valence-corrected chi connectivity index (χ3v) is 7.14. The zero-order valence-electron chi connectivity index (χ0n) is 21.4. The Hall–Kier alpha value is -3.80. The number of hydrogen-bond donors (Lipinski definition) is 0. The number of para-hydroxylation sites is 2. The fourth-order valence-electron chi connectivity index (χ4n) is 5.21. The maximum Gasteiger partial charge on any atom is 0.223 e. The van der Waals surface area contributed by atoms with Gasteiger partial charge in [0.05, 0.1) is 18.0 Å². The van der Waals surface area contributed by atoms with E-state index in [1.54, 1.807) is 0 Å². The Morgan fingerprint density at radius 1 is 1.00 bits per heavy atom. The lowest BCUT2D eigenvalue weighted by molar-refractivity contribution is -0.131. The first-order valence-corrected chi connectivity index (χ1v) is 12.8. The van der Waals surface area contributed by atoms with Crippen molar-refractivity contribution in [3.8, 4) is 5.75 Å². The van der Waals surface area contributed by atoms with Crippen molar-refractivity contribution in [2.24, 2.45) is 0 Å². The van der Waals surface area contributed by atoms with Gasteiger partial charge >= 0.3 is 0 Å². The second kappa shape index (κ2) is 10.4. The molecule has 1 aliphatic rings. The normalized spacial score (nSPS) is 14.8. The van der Waals surface area contributed by atoms with Crippen LogP contribution in [0.3, 0.4) is 0 Å². The largest absolute Gasteiger partial charge is 0.492 e. The lowest BCUT2D eigenvalue weighted by atomic mass is 9.89. The molecule has 0 aliphatic carbocycles. The van der Waals surface area contributed by atoms with E-state index in [-0.39, 0.29) is 11.8 Å². The monoisotopic (exact) mass is 482 g/mol. The van der Waals surface area contributed by atoms with E-state index in [0.29, 0.717) is 26.1 Å². The molecule has 0 saturated carbocycles. The molecule has 4 aromatic rings. The SMILES string of the molecule is CCOc1ccccc1N1CCN(C(=O)CC(c2ccccc2C)c2cnc3cc(C)ccn23)CC1. The number of anilines is 1. The van der Waals surface area contributed by atoms with Crippen LogP contribution in [0.15, 0.2) is 73.1 Å². The molecule has 5 rings (SSSR count). The van der Waals surface area contributed by atoms with Crippen LogP contribution in [0, 0.1) is 13.8 Å². The summed E-state index contributed by atoms with van der Waals surface area (Å²) in [5.74, 6) is 1.03. The van der Waals surface area contributed by atoms with E-state index in [1.807, 2.05) is 36.2 Å². The minimum atomic E-state index is -0.0619. The average molecular weight is 483 g/mol. The maximum absolute atomic E-state index is 13.6. The van der Waals surface area contributed by atoms with Gasteiger partial charge in [-0.1, -0.05) is 36.4 Å². The molecule has 3 heterocycles. The Morgan fingerprint density at radius 2 is 1.75 bits per heavy atom. The van der Waals surface area contributed by atoms with Gasteiger partial charge in [0.25, 0.3) is 0 Å². The summed E-state index contributed by atoms with van der Waals surface area (Å²) in [6.07, 6.45) is 4.42. The predicted octanol–water partition coefficient (Wildman–Crippen LogP) is 5.22. The summed E-state index contributed by atoms with van der Waals surface area (Å²) in [6.45, 7) is 9.82. The van der Waals surface area contributed by atoms with E-state index in [0.717, 1.165) is 35.9 Å².